The average molecular weight is 402 g/mol. The maximum atomic E-state index is 13.4. The van der Waals surface area contributed by atoms with Crippen molar-refractivity contribution < 1.29 is 26.8 Å². The molecule has 0 spiro atoms. The highest BCUT2D eigenvalue weighted by atomic mass is 32.2. The molecular weight excluding hydrogens is 382 g/mol. The third-order valence-corrected chi connectivity index (χ3v) is 6.00. The molecule has 2 heterocycles. The molecule has 0 radical (unpaired) electrons. The molecule has 2 aliphatic rings. The van der Waals surface area contributed by atoms with E-state index in [4.69, 9.17) is 0 Å². The van der Waals surface area contributed by atoms with E-state index >= 15 is 0 Å². The Hall–Kier alpha value is -2.27. The number of piperazine rings is 1. The summed E-state index contributed by atoms with van der Waals surface area (Å²) >= 11 is 0. The SMILES string of the molecule is CS(=O)(=O)N1CCN(C(=O)CN2CCN(c3ccc(F)c(F)c3)C2=O)CC1. The Bertz CT molecular complexity index is 856. The number of sulfonamides is 1. The van der Waals surface area contributed by atoms with E-state index in [0.29, 0.717) is 0 Å². The van der Waals surface area contributed by atoms with Gasteiger partial charge in [0.1, 0.15) is 6.54 Å². The van der Waals surface area contributed by atoms with Crippen molar-refractivity contribution in [3.05, 3.63) is 29.8 Å². The van der Waals surface area contributed by atoms with Crippen LogP contribution in [-0.2, 0) is 14.8 Å². The Balaban J connectivity index is 1.58. The fourth-order valence-corrected chi connectivity index (χ4v) is 3.98. The summed E-state index contributed by atoms with van der Waals surface area (Å²) < 4.78 is 50.8. The highest BCUT2D eigenvalue weighted by Gasteiger charge is 2.33. The van der Waals surface area contributed by atoms with Crippen LogP contribution in [0.3, 0.4) is 0 Å². The van der Waals surface area contributed by atoms with Crippen LogP contribution in [0.5, 0.6) is 0 Å². The van der Waals surface area contributed by atoms with Crippen molar-refractivity contribution in [2.45, 2.75) is 0 Å². The van der Waals surface area contributed by atoms with Crippen molar-refractivity contribution in [2.24, 2.45) is 0 Å². The average Bonchev–Trinajstić information content (AvgIpc) is 2.97. The van der Waals surface area contributed by atoms with Crippen molar-refractivity contribution in [2.75, 3.05) is 57.0 Å². The Kier molecular flexibility index (Phi) is 5.33. The summed E-state index contributed by atoms with van der Waals surface area (Å²) in [7, 11) is -3.28. The van der Waals surface area contributed by atoms with Crippen LogP contribution >= 0.6 is 0 Å². The molecule has 0 N–H and O–H groups in total. The molecule has 0 unspecified atom stereocenters. The van der Waals surface area contributed by atoms with Crippen molar-refractivity contribution in [3.8, 4) is 0 Å². The van der Waals surface area contributed by atoms with Gasteiger partial charge in [0, 0.05) is 51.0 Å². The number of anilines is 1. The van der Waals surface area contributed by atoms with Gasteiger partial charge in [-0.05, 0) is 12.1 Å². The molecule has 1 aromatic rings. The van der Waals surface area contributed by atoms with Crippen molar-refractivity contribution in [1.82, 2.24) is 14.1 Å². The third kappa shape index (κ3) is 4.19. The molecule has 2 aliphatic heterocycles. The van der Waals surface area contributed by atoms with Crippen LogP contribution in [0, 0.1) is 11.6 Å². The van der Waals surface area contributed by atoms with Crippen LogP contribution in [0.15, 0.2) is 18.2 Å². The summed E-state index contributed by atoms with van der Waals surface area (Å²) in [5.74, 6) is -2.31. The number of carbonyl (C=O) groups excluding carboxylic acids is 2. The van der Waals surface area contributed by atoms with Crippen molar-refractivity contribution in [1.29, 1.82) is 0 Å². The number of halogens is 2. The second kappa shape index (κ2) is 7.39. The van der Waals surface area contributed by atoms with Crippen molar-refractivity contribution in [3.63, 3.8) is 0 Å². The first-order valence-corrected chi connectivity index (χ1v) is 10.3. The van der Waals surface area contributed by atoms with Gasteiger partial charge < -0.3 is 9.80 Å². The lowest BCUT2D eigenvalue weighted by Gasteiger charge is -2.34. The fraction of sp³-hybridized carbons (Fsp3) is 0.500. The molecule has 0 aliphatic carbocycles. The maximum Gasteiger partial charge on any atom is 0.325 e. The second-order valence-corrected chi connectivity index (χ2v) is 8.48. The zero-order valence-electron chi connectivity index (χ0n) is 14.8. The van der Waals surface area contributed by atoms with E-state index in [9.17, 15) is 26.8 Å². The van der Waals surface area contributed by atoms with Crippen LogP contribution in [0.2, 0.25) is 0 Å². The summed E-state index contributed by atoms with van der Waals surface area (Å²) in [6.07, 6.45) is 1.13. The molecule has 3 rings (SSSR count). The van der Waals surface area contributed by atoms with E-state index < -0.39 is 27.7 Å². The van der Waals surface area contributed by atoms with Crippen LogP contribution in [-0.4, -0.2) is 86.5 Å². The molecule has 27 heavy (non-hydrogen) atoms. The first kappa shape index (κ1) is 19.5. The van der Waals surface area contributed by atoms with E-state index in [-0.39, 0.29) is 57.4 Å². The lowest BCUT2D eigenvalue weighted by atomic mass is 10.3. The summed E-state index contributed by atoms with van der Waals surface area (Å²) in [4.78, 5) is 29.1. The zero-order chi connectivity index (χ0) is 19.8. The quantitative estimate of drug-likeness (QED) is 0.726. The number of urea groups is 1. The summed E-state index contributed by atoms with van der Waals surface area (Å²) in [6.45, 7) is 1.38. The Labute approximate surface area is 156 Å². The number of benzene rings is 1. The standard InChI is InChI=1S/C16H20F2N4O4S/c1-27(25,26)21-7-4-19(5-8-21)15(23)11-20-6-9-22(16(20)24)12-2-3-13(17)14(18)10-12/h2-3,10H,4-9,11H2,1H3. The van der Waals surface area contributed by atoms with E-state index in [1.165, 1.54) is 25.1 Å². The second-order valence-electron chi connectivity index (χ2n) is 6.50. The van der Waals surface area contributed by atoms with Gasteiger partial charge in [0.2, 0.25) is 15.9 Å². The molecule has 3 amide bonds. The Morgan fingerprint density at radius 1 is 1.04 bits per heavy atom. The van der Waals surface area contributed by atoms with Crippen LogP contribution in [0.4, 0.5) is 19.3 Å². The van der Waals surface area contributed by atoms with Crippen LogP contribution < -0.4 is 4.90 Å². The number of carbonyl (C=O) groups is 2. The molecular formula is C16H20F2N4O4S. The molecule has 0 bridgehead atoms. The first-order chi connectivity index (χ1) is 12.7. The van der Waals surface area contributed by atoms with Gasteiger partial charge in [0.25, 0.3) is 0 Å². The molecule has 8 nitrogen and oxygen atoms in total. The zero-order valence-corrected chi connectivity index (χ0v) is 15.6. The molecule has 11 heteroatoms. The highest BCUT2D eigenvalue weighted by Crippen LogP contribution is 2.22. The van der Waals surface area contributed by atoms with E-state index in [0.717, 1.165) is 18.4 Å². The predicted octanol–water partition coefficient (Wildman–Crippen LogP) is 0.311. The lowest BCUT2D eigenvalue weighted by Crippen LogP contribution is -2.52. The van der Waals surface area contributed by atoms with Crippen LogP contribution in [0.25, 0.3) is 0 Å². The monoisotopic (exact) mass is 402 g/mol. The normalized spacial score (nSPS) is 19.1. The maximum absolute atomic E-state index is 13.4. The van der Waals surface area contributed by atoms with Gasteiger partial charge in [0.05, 0.1) is 6.26 Å². The molecule has 0 aromatic heterocycles. The van der Waals surface area contributed by atoms with E-state index in [1.54, 1.807) is 0 Å². The van der Waals surface area contributed by atoms with Gasteiger partial charge in [-0.3, -0.25) is 9.69 Å². The topological polar surface area (TPSA) is 81.2 Å². The van der Waals surface area contributed by atoms with Gasteiger partial charge in [-0.2, -0.15) is 4.31 Å². The van der Waals surface area contributed by atoms with Gasteiger partial charge in [-0.15, -0.1) is 0 Å². The summed E-state index contributed by atoms with van der Waals surface area (Å²) in [5.41, 5.74) is 0.232. The number of hydrogen-bond donors (Lipinski definition) is 0. The number of nitrogens with zero attached hydrogens (tertiary/aromatic N) is 4. The van der Waals surface area contributed by atoms with Crippen LogP contribution in [0.1, 0.15) is 0 Å². The van der Waals surface area contributed by atoms with Gasteiger partial charge in [0.15, 0.2) is 11.6 Å². The number of hydrogen-bond acceptors (Lipinski definition) is 4. The predicted molar refractivity (Wildman–Crippen MR) is 93.7 cm³/mol. The molecule has 2 fully saturated rings. The molecule has 0 atom stereocenters. The number of rotatable bonds is 4. The number of amides is 3. The summed E-state index contributed by atoms with van der Waals surface area (Å²) in [6, 6.07) is 2.76. The van der Waals surface area contributed by atoms with Crippen molar-refractivity contribution >= 4 is 27.6 Å². The van der Waals surface area contributed by atoms with Gasteiger partial charge in [-0.25, -0.2) is 22.0 Å². The molecule has 148 valence electrons. The smallest absolute Gasteiger partial charge is 0.325 e. The molecule has 1 aromatic carbocycles. The fourth-order valence-electron chi connectivity index (χ4n) is 3.15. The Morgan fingerprint density at radius 3 is 2.30 bits per heavy atom. The molecule has 2 saturated heterocycles. The summed E-state index contributed by atoms with van der Waals surface area (Å²) in [5, 5.41) is 0. The Morgan fingerprint density at radius 2 is 1.70 bits per heavy atom. The van der Waals surface area contributed by atoms with E-state index in [2.05, 4.69) is 0 Å². The van der Waals surface area contributed by atoms with Gasteiger partial charge in [-0.1, -0.05) is 0 Å². The largest absolute Gasteiger partial charge is 0.339 e. The van der Waals surface area contributed by atoms with Gasteiger partial charge >= 0.3 is 6.03 Å². The minimum Gasteiger partial charge on any atom is -0.339 e. The highest BCUT2D eigenvalue weighted by molar-refractivity contribution is 7.88. The third-order valence-electron chi connectivity index (χ3n) is 4.70. The first-order valence-electron chi connectivity index (χ1n) is 8.41. The lowest BCUT2D eigenvalue weighted by molar-refractivity contribution is -0.132. The van der Waals surface area contributed by atoms with E-state index in [1.807, 2.05) is 0 Å². The minimum absolute atomic E-state index is 0.141. The minimum atomic E-state index is -3.28. The molecule has 0 saturated carbocycles.